The van der Waals surface area contributed by atoms with Crippen LogP contribution in [-0.2, 0) is 25.9 Å². The van der Waals surface area contributed by atoms with E-state index in [4.69, 9.17) is 25.6 Å². The molecule has 0 amide bonds. The van der Waals surface area contributed by atoms with Gasteiger partial charge < -0.3 is 14.2 Å². The van der Waals surface area contributed by atoms with E-state index in [1.807, 2.05) is 6.07 Å². The van der Waals surface area contributed by atoms with Gasteiger partial charge in [-0.1, -0.05) is 24.8 Å². The molecule has 19 heavy (non-hydrogen) atoms. The van der Waals surface area contributed by atoms with Crippen LogP contribution in [0.3, 0.4) is 0 Å². The molecule has 1 unspecified atom stereocenters. The zero-order chi connectivity index (χ0) is 14.3. The Morgan fingerprint density at radius 1 is 1.37 bits per heavy atom. The van der Waals surface area contributed by atoms with E-state index in [9.17, 15) is 9.69 Å². The molecular weight excluding hydrogens is 287 g/mol. The van der Waals surface area contributed by atoms with Gasteiger partial charge in [-0.2, -0.15) is 0 Å². The topological polar surface area (TPSA) is 65.0 Å². The third-order valence-corrected chi connectivity index (χ3v) is 3.37. The van der Waals surface area contributed by atoms with Crippen molar-refractivity contribution >= 4 is 24.5 Å². The van der Waals surface area contributed by atoms with Crippen LogP contribution in [0.4, 0.5) is 0 Å². The van der Waals surface area contributed by atoms with Gasteiger partial charge in [0.05, 0.1) is 6.61 Å². The van der Waals surface area contributed by atoms with Crippen molar-refractivity contribution in [2.75, 3.05) is 13.2 Å². The van der Waals surface area contributed by atoms with Crippen molar-refractivity contribution in [1.29, 1.82) is 0 Å². The summed E-state index contributed by atoms with van der Waals surface area (Å²) in [6, 6.07) is 8.62. The average molecular weight is 302 g/mol. The van der Waals surface area contributed by atoms with E-state index < -0.39 is 12.7 Å². The van der Waals surface area contributed by atoms with Gasteiger partial charge in [0.25, 0.3) is 0 Å². The molecule has 1 N–H and O–H groups in total. The molecule has 0 aliphatic carbocycles. The Kier molecular flexibility index (Phi) is 6.18. The number of rotatable bonds is 7. The fourth-order valence-corrected chi connectivity index (χ4v) is 2.28. The number of hydrogen-bond donors (Lipinski definition) is 1. The van der Waals surface area contributed by atoms with Gasteiger partial charge in [0.2, 0.25) is 0 Å². The molecule has 0 bridgehead atoms. The lowest BCUT2D eigenvalue weighted by Gasteiger charge is -2.16. The third-order valence-electron chi connectivity index (χ3n) is 1.88. The summed E-state index contributed by atoms with van der Waals surface area (Å²) >= 11 is 4.82. The predicted octanol–water partition coefficient (Wildman–Crippen LogP) is 2.42. The molecule has 0 spiro atoms. The normalized spacial score (nSPS) is 13.4. The molecule has 1 aromatic carbocycles. The van der Waals surface area contributed by atoms with Crippen molar-refractivity contribution in [3.63, 3.8) is 0 Å². The highest BCUT2D eigenvalue weighted by atomic mass is 32.5. The van der Waals surface area contributed by atoms with Gasteiger partial charge in [0, 0.05) is 17.4 Å². The minimum Gasteiger partial charge on any atom is -0.460 e. The average Bonchev–Trinajstić information content (AvgIpc) is 2.35. The van der Waals surface area contributed by atoms with Gasteiger partial charge >= 0.3 is 12.7 Å². The summed E-state index contributed by atoms with van der Waals surface area (Å²) in [5, 5.41) is 0. The van der Waals surface area contributed by atoms with Crippen LogP contribution in [0.1, 0.15) is 6.92 Å². The smallest absolute Gasteiger partial charge is 0.378 e. The van der Waals surface area contributed by atoms with E-state index in [2.05, 4.69) is 6.58 Å². The van der Waals surface area contributed by atoms with Gasteiger partial charge in [0.15, 0.2) is 0 Å². The van der Waals surface area contributed by atoms with Gasteiger partial charge in [-0.05, 0) is 19.1 Å². The minimum atomic E-state index is -3.38. The number of carbonyl (C=O) groups is 1. The van der Waals surface area contributed by atoms with Crippen LogP contribution >= 0.6 is 6.72 Å². The molecule has 0 fully saturated rings. The van der Waals surface area contributed by atoms with Crippen molar-refractivity contribution in [1.82, 2.24) is 0 Å². The minimum absolute atomic E-state index is 0.0250. The van der Waals surface area contributed by atoms with Crippen molar-refractivity contribution in [2.24, 2.45) is 0 Å². The molecule has 0 saturated carbocycles. The maximum absolute atomic E-state index is 11.1. The summed E-state index contributed by atoms with van der Waals surface area (Å²) < 4.78 is 15.0. The second-order valence-corrected chi connectivity index (χ2v) is 6.38. The zero-order valence-corrected chi connectivity index (χ0v) is 12.2. The van der Waals surface area contributed by atoms with Crippen molar-refractivity contribution < 1.29 is 23.5 Å². The van der Waals surface area contributed by atoms with Crippen LogP contribution in [0.2, 0.25) is 0 Å². The quantitative estimate of drug-likeness (QED) is 0.361. The Balaban J connectivity index is 2.33. The summed E-state index contributed by atoms with van der Waals surface area (Å²) in [5.74, 6) is -0.0916. The first-order valence-electron chi connectivity index (χ1n) is 5.45. The first-order chi connectivity index (χ1) is 8.91. The Bertz CT molecular complexity index is 488. The van der Waals surface area contributed by atoms with Gasteiger partial charge in [-0.15, -0.1) is 0 Å². The van der Waals surface area contributed by atoms with E-state index in [0.717, 1.165) is 0 Å². The largest absolute Gasteiger partial charge is 0.460 e. The van der Waals surface area contributed by atoms with E-state index in [-0.39, 0.29) is 13.2 Å². The second kappa shape index (κ2) is 7.40. The van der Waals surface area contributed by atoms with Crippen LogP contribution in [0.5, 0.6) is 5.75 Å². The van der Waals surface area contributed by atoms with E-state index in [1.165, 1.54) is 6.92 Å². The highest BCUT2D eigenvalue weighted by Crippen LogP contribution is 2.43. The maximum atomic E-state index is 11.1. The fourth-order valence-electron chi connectivity index (χ4n) is 1.05. The first-order valence-corrected chi connectivity index (χ1v) is 8.04. The molecule has 1 atom stereocenters. The Morgan fingerprint density at radius 3 is 2.58 bits per heavy atom. The van der Waals surface area contributed by atoms with E-state index in [1.54, 1.807) is 24.3 Å². The van der Waals surface area contributed by atoms with Gasteiger partial charge in [0.1, 0.15) is 12.4 Å². The van der Waals surface area contributed by atoms with Crippen molar-refractivity contribution in [3.05, 3.63) is 42.5 Å². The van der Waals surface area contributed by atoms with Crippen LogP contribution in [0.25, 0.3) is 0 Å². The van der Waals surface area contributed by atoms with Gasteiger partial charge in [-0.25, -0.2) is 4.79 Å². The predicted molar refractivity (Wildman–Crippen MR) is 75.3 cm³/mol. The summed E-state index contributed by atoms with van der Waals surface area (Å²) in [6.45, 7) is 1.53. The Hall–Kier alpha value is -1.20. The van der Waals surface area contributed by atoms with E-state index >= 15 is 0 Å². The molecule has 0 saturated heterocycles. The Labute approximate surface area is 117 Å². The fraction of sp³-hybridized carbons (Fsp3) is 0.250. The number of ether oxygens (including phenoxy) is 1. The monoisotopic (exact) mass is 302 g/mol. The van der Waals surface area contributed by atoms with Crippen molar-refractivity contribution in [2.45, 2.75) is 6.92 Å². The molecule has 0 aromatic heterocycles. The van der Waals surface area contributed by atoms with Crippen LogP contribution in [0, 0.1) is 0 Å². The Morgan fingerprint density at radius 2 is 2.00 bits per heavy atom. The number of esters is 1. The lowest BCUT2D eigenvalue weighted by molar-refractivity contribution is -0.139. The zero-order valence-electron chi connectivity index (χ0n) is 10.4. The molecule has 0 aliphatic heterocycles. The molecule has 0 radical (unpaired) electrons. The number of para-hydroxylation sites is 1. The molecule has 0 heterocycles. The molecule has 1 rings (SSSR count). The molecule has 1 aromatic rings. The molecule has 104 valence electrons. The summed E-state index contributed by atoms with van der Waals surface area (Å²) in [5.41, 5.74) is 0.295. The standard InChI is InChI=1S/C12H15O5PS/c1-10(2)12(13)15-8-9-16-18(14,19)17-11-6-4-3-5-7-11/h3-7H,1,8-9H2,2H3,(H,14,19). The summed E-state index contributed by atoms with van der Waals surface area (Å²) in [4.78, 5) is 20.8. The third kappa shape index (κ3) is 6.50. The summed E-state index contributed by atoms with van der Waals surface area (Å²) in [7, 11) is 0. The molecule has 5 nitrogen and oxygen atoms in total. The van der Waals surface area contributed by atoms with Crippen LogP contribution in [-0.4, -0.2) is 24.1 Å². The molecular formula is C12H15O5PS. The SMILES string of the molecule is C=C(C)C(=O)OCCOP(O)(=S)Oc1ccccc1. The number of benzene rings is 1. The number of carbonyl (C=O) groups excluding carboxylic acids is 1. The lowest BCUT2D eigenvalue weighted by Crippen LogP contribution is -2.11. The molecule has 7 heteroatoms. The second-order valence-electron chi connectivity index (χ2n) is 3.62. The van der Waals surface area contributed by atoms with E-state index in [0.29, 0.717) is 11.3 Å². The first kappa shape index (κ1) is 15.9. The molecule has 0 aliphatic rings. The van der Waals surface area contributed by atoms with Gasteiger partial charge in [-0.3, -0.25) is 4.52 Å². The highest BCUT2D eigenvalue weighted by molar-refractivity contribution is 8.07. The van der Waals surface area contributed by atoms with Crippen LogP contribution in [0.15, 0.2) is 42.5 Å². The van der Waals surface area contributed by atoms with Crippen LogP contribution < -0.4 is 4.52 Å². The van der Waals surface area contributed by atoms with Crippen molar-refractivity contribution in [3.8, 4) is 5.75 Å². The lowest BCUT2D eigenvalue weighted by atomic mass is 10.3. The summed E-state index contributed by atoms with van der Waals surface area (Å²) in [6.07, 6.45) is 0. The maximum Gasteiger partial charge on any atom is 0.378 e. The highest BCUT2D eigenvalue weighted by Gasteiger charge is 2.17. The number of hydrogen-bond acceptors (Lipinski definition) is 5.